The maximum Gasteiger partial charge on any atom is 0.233 e. The van der Waals surface area contributed by atoms with E-state index in [-0.39, 0.29) is 17.8 Å². The lowest BCUT2D eigenvalue weighted by molar-refractivity contribution is -0.127. The number of nitrogens with one attached hydrogen (secondary N) is 1. The van der Waals surface area contributed by atoms with Crippen LogP contribution in [-0.2, 0) is 4.79 Å². The molecule has 0 aliphatic carbocycles. The van der Waals surface area contributed by atoms with E-state index in [1.807, 2.05) is 38.1 Å². The van der Waals surface area contributed by atoms with E-state index < -0.39 is 5.41 Å². The van der Waals surface area contributed by atoms with Crippen LogP contribution in [0.2, 0.25) is 0 Å². The Kier molecular flexibility index (Phi) is 4.53. The summed E-state index contributed by atoms with van der Waals surface area (Å²) in [5.41, 5.74) is 6.65. The normalized spacial score (nSPS) is 14.0. The third kappa shape index (κ3) is 3.47. The SMILES string of the molecule is Cc1ccc(C(C)NC(=O)C(C)(C)C(N)=NO)cc1. The summed E-state index contributed by atoms with van der Waals surface area (Å²) in [5, 5.41) is 14.5. The first kappa shape index (κ1) is 15.0. The Hall–Kier alpha value is -2.04. The second-order valence-corrected chi connectivity index (χ2v) is 5.22. The summed E-state index contributed by atoms with van der Waals surface area (Å²) in [5.74, 6) is -0.392. The van der Waals surface area contributed by atoms with E-state index in [9.17, 15) is 4.79 Å². The maximum absolute atomic E-state index is 12.1. The highest BCUT2D eigenvalue weighted by atomic mass is 16.4. The largest absolute Gasteiger partial charge is 0.409 e. The molecule has 0 spiro atoms. The topological polar surface area (TPSA) is 87.7 Å². The highest BCUT2D eigenvalue weighted by molar-refractivity contribution is 6.05. The summed E-state index contributed by atoms with van der Waals surface area (Å²) in [4.78, 5) is 12.1. The van der Waals surface area contributed by atoms with Crippen molar-refractivity contribution in [3.8, 4) is 0 Å². The van der Waals surface area contributed by atoms with Gasteiger partial charge in [-0.05, 0) is 33.3 Å². The van der Waals surface area contributed by atoms with Gasteiger partial charge in [-0.15, -0.1) is 0 Å². The van der Waals surface area contributed by atoms with Gasteiger partial charge in [0.05, 0.1) is 6.04 Å². The molecule has 1 aromatic carbocycles. The number of nitrogens with zero attached hydrogens (tertiary/aromatic N) is 1. The average molecular weight is 263 g/mol. The van der Waals surface area contributed by atoms with Gasteiger partial charge < -0.3 is 16.3 Å². The Balaban J connectivity index is 2.80. The van der Waals surface area contributed by atoms with E-state index in [4.69, 9.17) is 10.9 Å². The van der Waals surface area contributed by atoms with Crippen molar-refractivity contribution in [1.82, 2.24) is 5.32 Å². The predicted octanol–water partition coefficient (Wildman–Crippen LogP) is 1.94. The second-order valence-electron chi connectivity index (χ2n) is 5.22. The van der Waals surface area contributed by atoms with Crippen molar-refractivity contribution in [2.75, 3.05) is 0 Å². The number of hydrogen-bond acceptors (Lipinski definition) is 3. The number of rotatable bonds is 4. The van der Waals surface area contributed by atoms with Gasteiger partial charge >= 0.3 is 0 Å². The Labute approximate surface area is 113 Å². The fourth-order valence-corrected chi connectivity index (χ4v) is 1.56. The fourth-order valence-electron chi connectivity index (χ4n) is 1.56. The molecule has 0 saturated heterocycles. The van der Waals surface area contributed by atoms with Gasteiger partial charge in [-0.25, -0.2) is 0 Å². The van der Waals surface area contributed by atoms with Crippen LogP contribution in [0.25, 0.3) is 0 Å². The van der Waals surface area contributed by atoms with Crippen molar-refractivity contribution in [2.24, 2.45) is 16.3 Å². The van der Waals surface area contributed by atoms with Gasteiger partial charge in [-0.3, -0.25) is 4.79 Å². The zero-order valence-electron chi connectivity index (χ0n) is 11.8. The lowest BCUT2D eigenvalue weighted by atomic mass is 9.90. The first-order chi connectivity index (χ1) is 8.78. The van der Waals surface area contributed by atoms with Gasteiger partial charge in [-0.2, -0.15) is 0 Å². The molecule has 0 heterocycles. The van der Waals surface area contributed by atoms with E-state index in [1.165, 1.54) is 5.56 Å². The van der Waals surface area contributed by atoms with Gasteiger partial charge in [0.15, 0.2) is 5.84 Å². The highest BCUT2D eigenvalue weighted by Crippen LogP contribution is 2.19. The van der Waals surface area contributed by atoms with Crippen LogP contribution in [0, 0.1) is 12.3 Å². The molecule has 1 unspecified atom stereocenters. The van der Waals surface area contributed by atoms with Crippen LogP contribution in [-0.4, -0.2) is 17.0 Å². The van der Waals surface area contributed by atoms with Gasteiger partial charge in [-0.1, -0.05) is 35.0 Å². The van der Waals surface area contributed by atoms with Crippen molar-refractivity contribution >= 4 is 11.7 Å². The lowest BCUT2D eigenvalue weighted by Gasteiger charge is -2.24. The molecule has 0 aliphatic rings. The molecule has 1 aromatic rings. The van der Waals surface area contributed by atoms with Crippen molar-refractivity contribution in [3.05, 3.63) is 35.4 Å². The van der Waals surface area contributed by atoms with Crippen molar-refractivity contribution in [3.63, 3.8) is 0 Å². The number of aryl methyl sites for hydroxylation is 1. The van der Waals surface area contributed by atoms with E-state index >= 15 is 0 Å². The van der Waals surface area contributed by atoms with Crippen molar-refractivity contribution < 1.29 is 10.0 Å². The molecule has 1 atom stereocenters. The minimum absolute atomic E-state index is 0.110. The minimum atomic E-state index is -1.05. The molecule has 0 radical (unpaired) electrons. The number of carbonyl (C=O) groups is 1. The third-order valence-electron chi connectivity index (χ3n) is 3.24. The Morgan fingerprint density at radius 1 is 1.37 bits per heavy atom. The number of oxime groups is 1. The van der Waals surface area contributed by atoms with Crippen LogP contribution < -0.4 is 11.1 Å². The molecular formula is C14H21N3O2. The van der Waals surface area contributed by atoms with Crippen LogP contribution in [0.3, 0.4) is 0 Å². The smallest absolute Gasteiger partial charge is 0.233 e. The summed E-state index contributed by atoms with van der Waals surface area (Å²) in [6, 6.07) is 7.78. The number of nitrogens with two attached hydrogens (primary N) is 1. The fraction of sp³-hybridized carbons (Fsp3) is 0.429. The zero-order chi connectivity index (χ0) is 14.6. The molecule has 104 valence electrons. The molecule has 5 heteroatoms. The molecule has 0 bridgehead atoms. The molecule has 0 fully saturated rings. The molecule has 0 saturated carbocycles. The molecule has 1 amide bonds. The van der Waals surface area contributed by atoms with Crippen molar-refractivity contribution in [1.29, 1.82) is 0 Å². The van der Waals surface area contributed by atoms with Crippen LogP contribution in [0.4, 0.5) is 0 Å². The Morgan fingerprint density at radius 2 is 1.89 bits per heavy atom. The monoisotopic (exact) mass is 263 g/mol. The summed E-state index contributed by atoms with van der Waals surface area (Å²) in [6.07, 6.45) is 0. The number of carbonyl (C=O) groups excluding carboxylic acids is 1. The molecule has 0 aromatic heterocycles. The Morgan fingerprint density at radius 3 is 2.37 bits per heavy atom. The number of amidine groups is 1. The van der Waals surface area contributed by atoms with Gasteiger partial charge in [0.1, 0.15) is 5.41 Å². The predicted molar refractivity (Wildman–Crippen MR) is 74.9 cm³/mol. The maximum atomic E-state index is 12.1. The van der Waals surface area contributed by atoms with Crippen LogP contribution in [0.1, 0.15) is 37.9 Å². The standard InChI is InChI=1S/C14H21N3O2/c1-9-5-7-11(8-6-9)10(2)16-13(18)14(3,4)12(15)17-19/h5-8,10,19H,1-4H3,(H2,15,17)(H,16,18). The van der Waals surface area contributed by atoms with Crippen LogP contribution >= 0.6 is 0 Å². The van der Waals surface area contributed by atoms with Gasteiger partial charge in [0.2, 0.25) is 5.91 Å². The number of amides is 1. The second kappa shape index (κ2) is 5.73. The first-order valence-electron chi connectivity index (χ1n) is 6.14. The third-order valence-corrected chi connectivity index (χ3v) is 3.24. The number of benzene rings is 1. The van der Waals surface area contributed by atoms with Crippen molar-refractivity contribution in [2.45, 2.75) is 33.7 Å². The van der Waals surface area contributed by atoms with Crippen LogP contribution in [0.5, 0.6) is 0 Å². The summed E-state index contributed by atoms with van der Waals surface area (Å²) < 4.78 is 0. The first-order valence-corrected chi connectivity index (χ1v) is 6.14. The summed E-state index contributed by atoms with van der Waals surface area (Å²) >= 11 is 0. The van der Waals surface area contributed by atoms with Gasteiger partial charge in [0.25, 0.3) is 0 Å². The quantitative estimate of drug-likeness (QED) is 0.336. The number of hydrogen-bond donors (Lipinski definition) is 3. The van der Waals surface area contributed by atoms with E-state index in [0.717, 1.165) is 5.56 Å². The van der Waals surface area contributed by atoms with E-state index in [0.29, 0.717) is 0 Å². The zero-order valence-corrected chi connectivity index (χ0v) is 11.8. The lowest BCUT2D eigenvalue weighted by Crippen LogP contribution is -2.46. The highest BCUT2D eigenvalue weighted by Gasteiger charge is 2.33. The molecule has 5 nitrogen and oxygen atoms in total. The Bertz CT molecular complexity index is 478. The summed E-state index contributed by atoms with van der Waals surface area (Å²) in [6.45, 7) is 7.12. The van der Waals surface area contributed by atoms with Gasteiger partial charge in [0, 0.05) is 0 Å². The molecule has 1 rings (SSSR count). The average Bonchev–Trinajstić information content (AvgIpc) is 2.38. The van der Waals surface area contributed by atoms with E-state index in [2.05, 4.69) is 10.5 Å². The molecule has 4 N–H and O–H groups in total. The summed E-state index contributed by atoms with van der Waals surface area (Å²) in [7, 11) is 0. The minimum Gasteiger partial charge on any atom is -0.409 e. The van der Waals surface area contributed by atoms with E-state index in [1.54, 1.807) is 13.8 Å². The molecule has 19 heavy (non-hydrogen) atoms. The van der Waals surface area contributed by atoms with Crippen LogP contribution in [0.15, 0.2) is 29.4 Å². The molecular weight excluding hydrogens is 242 g/mol. The molecule has 0 aliphatic heterocycles.